The normalized spacial score (nSPS) is 10.8. The Labute approximate surface area is 158 Å². The van der Waals surface area contributed by atoms with Crippen molar-refractivity contribution in [1.29, 1.82) is 5.26 Å². The second-order valence-corrected chi connectivity index (χ2v) is 7.51. The first-order valence-corrected chi connectivity index (χ1v) is 9.80. The molecule has 0 atom stereocenters. The molecule has 136 valence electrons. The predicted molar refractivity (Wildman–Crippen MR) is 101 cm³/mol. The van der Waals surface area contributed by atoms with Gasteiger partial charge >= 0.3 is 0 Å². The van der Waals surface area contributed by atoms with Gasteiger partial charge < -0.3 is 4.90 Å². The van der Waals surface area contributed by atoms with Gasteiger partial charge in [-0.25, -0.2) is 8.42 Å². The Morgan fingerprint density at radius 2 is 1.88 bits per heavy atom. The summed E-state index contributed by atoms with van der Waals surface area (Å²) < 4.78 is 27.5. The lowest BCUT2D eigenvalue weighted by Gasteiger charge is -2.19. The minimum atomic E-state index is -3.90. The number of hydrogen-bond donors (Lipinski definition) is 1. The van der Waals surface area contributed by atoms with Crippen molar-refractivity contribution in [2.75, 3.05) is 17.8 Å². The van der Waals surface area contributed by atoms with Gasteiger partial charge in [0, 0.05) is 24.3 Å². The lowest BCUT2D eigenvalue weighted by molar-refractivity contribution is 0.0773. The van der Waals surface area contributed by atoms with Gasteiger partial charge in [-0.3, -0.25) is 9.52 Å². The van der Waals surface area contributed by atoms with E-state index in [0.29, 0.717) is 18.7 Å². The number of rotatable bonds is 6. The zero-order valence-corrected chi connectivity index (χ0v) is 15.9. The highest BCUT2D eigenvalue weighted by atomic mass is 35.5. The molecule has 0 radical (unpaired) electrons. The van der Waals surface area contributed by atoms with Gasteiger partial charge in [0.2, 0.25) is 0 Å². The number of carbonyl (C=O) groups is 1. The lowest BCUT2D eigenvalue weighted by atomic mass is 10.2. The van der Waals surface area contributed by atoms with E-state index in [1.807, 2.05) is 19.9 Å². The number of sulfonamides is 1. The molecule has 0 aliphatic rings. The maximum Gasteiger partial charge on any atom is 0.261 e. The van der Waals surface area contributed by atoms with E-state index in [0.717, 1.165) is 0 Å². The number of benzene rings is 2. The first kappa shape index (κ1) is 19.8. The molecule has 2 aromatic carbocycles. The van der Waals surface area contributed by atoms with Crippen molar-refractivity contribution in [2.24, 2.45) is 0 Å². The number of nitrogens with one attached hydrogen (secondary N) is 1. The van der Waals surface area contributed by atoms with E-state index in [9.17, 15) is 13.2 Å². The van der Waals surface area contributed by atoms with Crippen LogP contribution in [-0.2, 0) is 10.0 Å². The maximum absolute atomic E-state index is 12.5. The third-order valence-electron chi connectivity index (χ3n) is 3.78. The van der Waals surface area contributed by atoms with Crippen LogP contribution in [0.5, 0.6) is 0 Å². The number of anilines is 1. The third kappa shape index (κ3) is 4.34. The fraction of sp³-hybridized carbons (Fsp3) is 0.222. The number of nitrogens with zero attached hydrogens (tertiary/aromatic N) is 2. The van der Waals surface area contributed by atoms with Crippen LogP contribution in [0.1, 0.15) is 29.8 Å². The summed E-state index contributed by atoms with van der Waals surface area (Å²) in [4.78, 5) is 14.0. The van der Waals surface area contributed by atoms with Crippen molar-refractivity contribution in [2.45, 2.75) is 18.7 Å². The molecular formula is C18H18ClN3O3S. The topological polar surface area (TPSA) is 90.3 Å². The Hall–Kier alpha value is -2.56. The molecule has 0 heterocycles. The summed E-state index contributed by atoms with van der Waals surface area (Å²) in [6.45, 7) is 4.88. The molecule has 0 bridgehead atoms. The summed E-state index contributed by atoms with van der Waals surface area (Å²) in [6.07, 6.45) is 0. The van der Waals surface area contributed by atoms with Gasteiger partial charge in [0.25, 0.3) is 15.9 Å². The van der Waals surface area contributed by atoms with Crippen molar-refractivity contribution in [1.82, 2.24) is 4.90 Å². The maximum atomic E-state index is 12.5. The van der Waals surface area contributed by atoms with Crippen LogP contribution in [0.25, 0.3) is 0 Å². The molecule has 8 heteroatoms. The molecule has 2 rings (SSSR count). The lowest BCUT2D eigenvalue weighted by Crippen LogP contribution is -2.30. The summed E-state index contributed by atoms with van der Waals surface area (Å²) in [5, 5.41) is 8.94. The molecule has 6 nitrogen and oxygen atoms in total. The first-order chi connectivity index (χ1) is 12.3. The first-order valence-electron chi connectivity index (χ1n) is 7.94. The molecule has 0 aliphatic carbocycles. The van der Waals surface area contributed by atoms with Gasteiger partial charge in [-0.05, 0) is 50.2 Å². The van der Waals surface area contributed by atoms with Crippen molar-refractivity contribution in [3.05, 3.63) is 58.6 Å². The van der Waals surface area contributed by atoms with E-state index in [1.165, 1.54) is 24.3 Å². The predicted octanol–water partition coefficient (Wildman–Crippen LogP) is 3.49. The van der Waals surface area contributed by atoms with E-state index in [1.54, 1.807) is 23.1 Å². The number of amides is 1. The number of hydrogen-bond acceptors (Lipinski definition) is 4. The molecule has 2 aromatic rings. The Morgan fingerprint density at radius 1 is 1.19 bits per heavy atom. The summed E-state index contributed by atoms with van der Waals surface area (Å²) >= 11 is 5.91. The van der Waals surface area contributed by atoms with Crippen LogP contribution in [0.2, 0.25) is 5.02 Å². The fourth-order valence-corrected chi connectivity index (χ4v) is 3.74. The second kappa shape index (κ2) is 8.21. The van der Waals surface area contributed by atoms with E-state index in [4.69, 9.17) is 16.9 Å². The molecular weight excluding hydrogens is 374 g/mol. The summed E-state index contributed by atoms with van der Waals surface area (Å²) in [7, 11) is -3.90. The average molecular weight is 392 g/mol. The van der Waals surface area contributed by atoms with Crippen LogP contribution in [0, 0.1) is 11.3 Å². The smallest absolute Gasteiger partial charge is 0.261 e. The zero-order chi connectivity index (χ0) is 19.3. The van der Waals surface area contributed by atoms with Crippen molar-refractivity contribution in [3.8, 4) is 6.07 Å². The third-order valence-corrected chi connectivity index (χ3v) is 5.48. The molecule has 1 amide bonds. The van der Waals surface area contributed by atoms with E-state index < -0.39 is 10.0 Å². The van der Waals surface area contributed by atoms with E-state index in [2.05, 4.69) is 4.72 Å². The van der Waals surface area contributed by atoms with Crippen LogP contribution in [0.3, 0.4) is 0 Å². The Bertz CT molecular complexity index is 964. The van der Waals surface area contributed by atoms with Gasteiger partial charge in [-0.15, -0.1) is 0 Å². The SMILES string of the molecule is CCN(CC)C(=O)c1cccc(NS(=O)(=O)c2ccc(C#N)c(Cl)c2)c1. The number of carbonyl (C=O) groups excluding carboxylic acids is 1. The monoisotopic (exact) mass is 391 g/mol. The molecule has 0 saturated carbocycles. The highest BCUT2D eigenvalue weighted by Gasteiger charge is 2.18. The summed E-state index contributed by atoms with van der Waals surface area (Å²) in [5.41, 5.74) is 0.854. The van der Waals surface area contributed by atoms with Crippen LogP contribution in [0.15, 0.2) is 47.4 Å². The average Bonchev–Trinajstić information content (AvgIpc) is 2.62. The van der Waals surface area contributed by atoms with Gasteiger partial charge in [-0.2, -0.15) is 5.26 Å². The Morgan fingerprint density at radius 3 is 2.46 bits per heavy atom. The van der Waals surface area contributed by atoms with Gasteiger partial charge in [-0.1, -0.05) is 17.7 Å². The molecule has 1 N–H and O–H groups in total. The van der Waals surface area contributed by atoms with Crippen LogP contribution >= 0.6 is 11.6 Å². The Kier molecular flexibility index (Phi) is 6.24. The van der Waals surface area contributed by atoms with Crippen LogP contribution in [-0.4, -0.2) is 32.3 Å². The van der Waals surface area contributed by atoms with Gasteiger partial charge in [0.15, 0.2) is 0 Å². The molecule has 0 fully saturated rings. The van der Waals surface area contributed by atoms with Crippen LogP contribution in [0.4, 0.5) is 5.69 Å². The second-order valence-electron chi connectivity index (χ2n) is 5.42. The van der Waals surface area contributed by atoms with Crippen molar-refractivity contribution >= 4 is 33.2 Å². The van der Waals surface area contributed by atoms with Crippen molar-refractivity contribution in [3.63, 3.8) is 0 Å². The fourth-order valence-electron chi connectivity index (χ4n) is 2.38. The van der Waals surface area contributed by atoms with E-state index >= 15 is 0 Å². The summed E-state index contributed by atoms with van der Waals surface area (Å²) in [5.74, 6) is -0.169. The zero-order valence-electron chi connectivity index (χ0n) is 14.4. The summed E-state index contributed by atoms with van der Waals surface area (Å²) in [6, 6.07) is 12.0. The highest BCUT2D eigenvalue weighted by Crippen LogP contribution is 2.23. The standard InChI is InChI=1S/C18H18ClN3O3S/c1-3-22(4-2)18(23)13-6-5-7-15(10-13)21-26(24,25)16-9-8-14(12-20)17(19)11-16/h5-11,21H,3-4H2,1-2H3. The van der Waals surface area contributed by atoms with Gasteiger partial charge in [0.1, 0.15) is 6.07 Å². The molecule has 0 unspecified atom stereocenters. The number of nitriles is 1. The van der Waals surface area contributed by atoms with E-state index in [-0.39, 0.29) is 27.1 Å². The highest BCUT2D eigenvalue weighted by molar-refractivity contribution is 7.92. The van der Waals surface area contributed by atoms with Crippen LogP contribution < -0.4 is 4.72 Å². The largest absolute Gasteiger partial charge is 0.339 e. The quantitative estimate of drug-likeness (QED) is 0.815. The van der Waals surface area contributed by atoms with Crippen molar-refractivity contribution < 1.29 is 13.2 Å². The Balaban J connectivity index is 2.30. The molecule has 0 aromatic heterocycles. The molecule has 0 aliphatic heterocycles. The van der Waals surface area contributed by atoms with Gasteiger partial charge in [0.05, 0.1) is 15.5 Å². The minimum absolute atomic E-state index is 0.0563. The minimum Gasteiger partial charge on any atom is -0.339 e. The molecule has 0 spiro atoms. The molecule has 0 saturated heterocycles. The number of halogens is 1. The molecule has 26 heavy (non-hydrogen) atoms.